The van der Waals surface area contributed by atoms with Gasteiger partial charge in [0, 0.05) is 17.5 Å². The predicted molar refractivity (Wildman–Crippen MR) is 51.6 cm³/mol. The first-order valence-electron chi connectivity index (χ1n) is 4.51. The number of allylic oxidation sites excluding steroid dienone is 1. The minimum atomic E-state index is 0.658. The van der Waals surface area contributed by atoms with Gasteiger partial charge in [-0.05, 0) is 30.9 Å². The van der Waals surface area contributed by atoms with E-state index in [4.69, 9.17) is 0 Å². The minimum Gasteiger partial charge on any atom is -0.298 e. The summed E-state index contributed by atoms with van der Waals surface area (Å²) in [6, 6.07) is 1.90. The molecule has 0 atom stereocenters. The van der Waals surface area contributed by atoms with E-state index < -0.39 is 0 Å². The fraction of sp³-hybridized carbons (Fsp3) is 0.273. The molecule has 0 bridgehead atoms. The summed E-state index contributed by atoms with van der Waals surface area (Å²) in [6.45, 7) is 0. The third-order valence-electron chi connectivity index (χ3n) is 2.24. The molecule has 13 heavy (non-hydrogen) atoms. The fourth-order valence-corrected chi connectivity index (χ4v) is 1.54. The largest absolute Gasteiger partial charge is 0.298 e. The van der Waals surface area contributed by atoms with Gasteiger partial charge in [0.25, 0.3) is 0 Å². The normalized spacial score (nSPS) is 14.8. The summed E-state index contributed by atoms with van der Waals surface area (Å²) in [5.41, 5.74) is 2.87. The molecule has 0 fully saturated rings. The molecule has 0 radical (unpaired) electrons. The molecule has 0 unspecified atom stereocenters. The third-order valence-corrected chi connectivity index (χ3v) is 2.24. The second-order valence-electron chi connectivity index (χ2n) is 3.22. The zero-order chi connectivity index (χ0) is 9.10. The molecule has 66 valence electrons. The summed E-state index contributed by atoms with van der Waals surface area (Å²) in [7, 11) is 0. The van der Waals surface area contributed by atoms with Crippen LogP contribution in [0.4, 0.5) is 0 Å². The monoisotopic (exact) mass is 173 g/mol. The number of nitrogens with zero attached hydrogens (tertiary/aromatic N) is 1. The van der Waals surface area contributed by atoms with Gasteiger partial charge in [0.15, 0.2) is 6.29 Å². The van der Waals surface area contributed by atoms with Crippen LogP contribution in [0.25, 0.3) is 6.08 Å². The van der Waals surface area contributed by atoms with Gasteiger partial charge in [0.2, 0.25) is 0 Å². The first kappa shape index (κ1) is 8.17. The Morgan fingerprint density at radius 1 is 1.46 bits per heavy atom. The number of aryl methyl sites for hydroxylation is 1. The van der Waals surface area contributed by atoms with Crippen LogP contribution in [0.15, 0.2) is 18.3 Å². The van der Waals surface area contributed by atoms with Gasteiger partial charge in [0.1, 0.15) is 0 Å². The third kappa shape index (κ3) is 1.66. The standard InChI is InChI=1S/C11H11NO/c13-8-9-6-10-4-2-1-3-5-11(10)12-7-9/h2,4,6-8H,1,3,5H2. The van der Waals surface area contributed by atoms with Crippen LogP contribution in [-0.2, 0) is 6.42 Å². The molecule has 0 amide bonds. The Morgan fingerprint density at radius 2 is 2.38 bits per heavy atom. The maximum Gasteiger partial charge on any atom is 0.151 e. The van der Waals surface area contributed by atoms with Crippen molar-refractivity contribution >= 4 is 12.4 Å². The summed E-state index contributed by atoms with van der Waals surface area (Å²) in [4.78, 5) is 14.8. The number of carbonyl (C=O) groups excluding carboxylic acids is 1. The lowest BCUT2D eigenvalue weighted by Crippen LogP contribution is -1.94. The predicted octanol–water partition coefficient (Wildman–Crippen LogP) is 2.24. The highest BCUT2D eigenvalue weighted by Gasteiger charge is 2.05. The summed E-state index contributed by atoms with van der Waals surface area (Å²) in [5, 5.41) is 0. The van der Waals surface area contributed by atoms with Gasteiger partial charge in [-0.1, -0.05) is 12.2 Å². The summed E-state index contributed by atoms with van der Waals surface area (Å²) >= 11 is 0. The van der Waals surface area contributed by atoms with Crippen molar-refractivity contribution in [2.75, 3.05) is 0 Å². The van der Waals surface area contributed by atoms with E-state index in [1.807, 2.05) is 6.07 Å². The summed E-state index contributed by atoms with van der Waals surface area (Å²) in [5.74, 6) is 0. The Hall–Kier alpha value is -1.44. The molecule has 1 aromatic rings. The van der Waals surface area contributed by atoms with E-state index in [2.05, 4.69) is 17.1 Å². The minimum absolute atomic E-state index is 0.658. The van der Waals surface area contributed by atoms with Crippen molar-refractivity contribution in [2.24, 2.45) is 0 Å². The van der Waals surface area contributed by atoms with Crippen molar-refractivity contribution < 1.29 is 4.79 Å². The molecule has 1 aliphatic carbocycles. The van der Waals surface area contributed by atoms with Crippen molar-refractivity contribution in [3.8, 4) is 0 Å². The van der Waals surface area contributed by atoms with E-state index in [-0.39, 0.29) is 0 Å². The Balaban J connectivity index is 2.46. The van der Waals surface area contributed by atoms with E-state index >= 15 is 0 Å². The van der Waals surface area contributed by atoms with E-state index in [0.717, 1.165) is 36.8 Å². The van der Waals surface area contributed by atoms with Crippen molar-refractivity contribution in [2.45, 2.75) is 19.3 Å². The first-order chi connectivity index (χ1) is 6.40. The summed E-state index contributed by atoms with van der Waals surface area (Å²) in [6.07, 6.45) is 9.95. The molecule has 1 aromatic heterocycles. The Kier molecular flexibility index (Phi) is 2.21. The van der Waals surface area contributed by atoms with Crippen LogP contribution in [0.1, 0.15) is 34.5 Å². The molecule has 2 nitrogen and oxygen atoms in total. The topological polar surface area (TPSA) is 30.0 Å². The Labute approximate surface area is 77.3 Å². The lowest BCUT2D eigenvalue weighted by Gasteiger charge is -2.01. The van der Waals surface area contributed by atoms with E-state index in [1.165, 1.54) is 0 Å². The maximum atomic E-state index is 10.5. The lowest BCUT2D eigenvalue weighted by atomic mass is 10.1. The quantitative estimate of drug-likeness (QED) is 0.609. The molecule has 0 saturated heterocycles. The van der Waals surface area contributed by atoms with Crippen LogP contribution < -0.4 is 0 Å². The molecule has 1 heterocycles. The van der Waals surface area contributed by atoms with Gasteiger partial charge in [-0.15, -0.1) is 0 Å². The van der Waals surface area contributed by atoms with Gasteiger partial charge in [-0.2, -0.15) is 0 Å². The number of pyridine rings is 1. The Bertz CT molecular complexity index is 355. The molecule has 1 aliphatic rings. The molecule has 2 heteroatoms. The van der Waals surface area contributed by atoms with E-state index in [0.29, 0.717) is 5.56 Å². The zero-order valence-electron chi connectivity index (χ0n) is 7.36. The van der Waals surface area contributed by atoms with Gasteiger partial charge in [-0.3, -0.25) is 9.78 Å². The van der Waals surface area contributed by atoms with E-state index in [9.17, 15) is 4.79 Å². The molecule has 0 spiro atoms. The van der Waals surface area contributed by atoms with Gasteiger partial charge < -0.3 is 0 Å². The van der Waals surface area contributed by atoms with Crippen LogP contribution in [0, 0.1) is 0 Å². The highest BCUT2D eigenvalue weighted by Crippen LogP contribution is 2.17. The van der Waals surface area contributed by atoms with Crippen LogP contribution in [-0.4, -0.2) is 11.3 Å². The molecule has 0 aliphatic heterocycles. The number of fused-ring (bicyclic) bond motifs is 1. The number of hydrogen-bond donors (Lipinski definition) is 0. The van der Waals surface area contributed by atoms with Crippen LogP contribution >= 0.6 is 0 Å². The number of rotatable bonds is 1. The van der Waals surface area contributed by atoms with Gasteiger partial charge in [0.05, 0.1) is 0 Å². The van der Waals surface area contributed by atoms with Gasteiger partial charge >= 0.3 is 0 Å². The van der Waals surface area contributed by atoms with Crippen molar-refractivity contribution in [3.05, 3.63) is 35.2 Å². The lowest BCUT2D eigenvalue weighted by molar-refractivity contribution is 0.112. The number of aldehydes is 1. The maximum absolute atomic E-state index is 10.5. The van der Waals surface area contributed by atoms with Crippen molar-refractivity contribution in [1.29, 1.82) is 0 Å². The zero-order valence-corrected chi connectivity index (χ0v) is 7.36. The average Bonchev–Trinajstić information content (AvgIpc) is 2.41. The summed E-state index contributed by atoms with van der Waals surface area (Å²) < 4.78 is 0. The molecular weight excluding hydrogens is 162 g/mol. The van der Waals surface area contributed by atoms with Crippen LogP contribution in [0.2, 0.25) is 0 Å². The molecule has 0 N–H and O–H groups in total. The Morgan fingerprint density at radius 3 is 3.23 bits per heavy atom. The van der Waals surface area contributed by atoms with E-state index in [1.54, 1.807) is 6.20 Å². The van der Waals surface area contributed by atoms with Crippen LogP contribution in [0.5, 0.6) is 0 Å². The molecular formula is C11H11NO. The highest BCUT2D eigenvalue weighted by atomic mass is 16.1. The first-order valence-corrected chi connectivity index (χ1v) is 4.51. The van der Waals surface area contributed by atoms with Crippen LogP contribution in [0.3, 0.4) is 0 Å². The second kappa shape index (κ2) is 3.52. The van der Waals surface area contributed by atoms with Crippen molar-refractivity contribution in [1.82, 2.24) is 4.98 Å². The molecule has 0 aromatic carbocycles. The second-order valence-corrected chi connectivity index (χ2v) is 3.22. The number of hydrogen-bond acceptors (Lipinski definition) is 2. The highest BCUT2D eigenvalue weighted by molar-refractivity contribution is 5.76. The number of aromatic nitrogens is 1. The molecule has 0 saturated carbocycles. The number of carbonyl (C=O) groups is 1. The average molecular weight is 173 g/mol. The molecule has 2 rings (SSSR count). The SMILES string of the molecule is O=Cc1cnc2c(c1)C=CCCC2. The smallest absolute Gasteiger partial charge is 0.151 e. The van der Waals surface area contributed by atoms with Gasteiger partial charge in [-0.25, -0.2) is 0 Å². The van der Waals surface area contributed by atoms with Crippen molar-refractivity contribution in [3.63, 3.8) is 0 Å². The fourth-order valence-electron chi connectivity index (χ4n) is 1.54.